The van der Waals surface area contributed by atoms with Crippen molar-refractivity contribution < 1.29 is 27.0 Å². The highest BCUT2D eigenvalue weighted by Crippen LogP contribution is 2.37. The van der Waals surface area contributed by atoms with Crippen LogP contribution in [0, 0.1) is 12.7 Å². The molecule has 5 rings (SSSR count). The number of rotatable bonds is 8. The zero-order valence-electron chi connectivity index (χ0n) is 21.3. The number of aryl methyl sites for hydroxylation is 1. The van der Waals surface area contributed by atoms with Crippen molar-refractivity contribution in [2.24, 2.45) is 0 Å². The Kier molecular flexibility index (Phi) is 7.43. The topological polar surface area (TPSA) is 125 Å². The molecule has 0 aliphatic carbocycles. The van der Waals surface area contributed by atoms with Crippen LogP contribution in [0.5, 0.6) is 11.6 Å². The zero-order chi connectivity index (χ0) is 27.7. The molecule has 1 aliphatic rings. The van der Waals surface area contributed by atoms with Gasteiger partial charge in [-0.25, -0.2) is 27.8 Å². The minimum absolute atomic E-state index is 0.0408. The van der Waals surface area contributed by atoms with Gasteiger partial charge in [-0.3, -0.25) is 4.72 Å². The van der Waals surface area contributed by atoms with E-state index >= 15 is 0 Å². The van der Waals surface area contributed by atoms with Gasteiger partial charge < -0.3 is 19.5 Å². The second kappa shape index (κ2) is 10.8. The van der Waals surface area contributed by atoms with Gasteiger partial charge in [0.2, 0.25) is 11.8 Å². The van der Waals surface area contributed by atoms with Gasteiger partial charge in [-0.2, -0.15) is 0 Å². The molecule has 13 heteroatoms. The van der Waals surface area contributed by atoms with Crippen LogP contribution in [0.25, 0.3) is 22.0 Å². The van der Waals surface area contributed by atoms with Crippen molar-refractivity contribution in [3.8, 4) is 22.8 Å². The number of hydrogen-bond acceptors (Lipinski definition) is 9. The molecule has 1 aliphatic heterocycles. The van der Waals surface area contributed by atoms with Gasteiger partial charge >= 0.3 is 0 Å². The normalized spacial score (nSPS) is 15.4. The Bertz CT molecular complexity index is 1660. The van der Waals surface area contributed by atoms with Crippen molar-refractivity contribution >= 4 is 44.2 Å². The highest BCUT2D eigenvalue weighted by atomic mass is 35.5. The van der Waals surface area contributed by atoms with E-state index in [4.69, 9.17) is 25.8 Å². The van der Waals surface area contributed by atoms with Gasteiger partial charge in [0.15, 0.2) is 0 Å². The lowest BCUT2D eigenvalue weighted by Gasteiger charge is -2.17. The molecule has 0 radical (unpaired) electrons. The van der Waals surface area contributed by atoms with Gasteiger partial charge in [-0.1, -0.05) is 11.6 Å². The van der Waals surface area contributed by atoms with E-state index in [1.807, 2.05) is 19.1 Å². The van der Waals surface area contributed by atoms with Gasteiger partial charge in [-0.05, 0) is 48.9 Å². The molecule has 39 heavy (non-hydrogen) atoms. The standard InChI is InChI=1S/C26H25ClFN5O5S/c1-14-19-8-15(10-22(38-18-6-7-37-13-18)24(19)32-26(29-2)31-14)16-9-21(25(36-3)30-12-16)33-39(34,35)23-5-4-17(28)11-20(23)27/h4-5,8-12,18,33H,6-7,13H2,1-3H3,(H,29,31,32). The molecule has 1 unspecified atom stereocenters. The number of sulfonamides is 1. The fraction of sp³-hybridized carbons (Fsp3) is 0.269. The third kappa shape index (κ3) is 5.54. The van der Waals surface area contributed by atoms with Crippen molar-refractivity contribution in [2.45, 2.75) is 24.3 Å². The molecule has 0 bridgehead atoms. The summed E-state index contributed by atoms with van der Waals surface area (Å²) in [7, 11) is -1.09. The molecule has 4 aromatic rings. The van der Waals surface area contributed by atoms with Crippen LogP contribution in [-0.4, -0.2) is 56.8 Å². The fourth-order valence-electron chi connectivity index (χ4n) is 4.24. The highest BCUT2D eigenvalue weighted by molar-refractivity contribution is 7.92. The minimum atomic E-state index is -4.20. The molecule has 1 fully saturated rings. The number of anilines is 2. The number of fused-ring (bicyclic) bond motifs is 1. The number of methoxy groups -OCH3 is 1. The Labute approximate surface area is 229 Å². The average Bonchev–Trinajstić information content (AvgIpc) is 3.41. The smallest absolute Gasteiger partial charge is 0.263 e. The summed E-state index contributed by atoms with van der Waals surface area (Å²) in [5.41, 5.74) is 2.70. The number of ether oxygens (including phenoxy) is 3. The summed E-state index contributed by atoms with van der Waals surface area (Å²) in [6, 6.07) is 8.33. The molecule has 0 saturated carbocycles. The molecule has 1 atom stereocenters. The van der Waals surface area contributed by atoms with E-state index in [1.165, 1.54) is 7.11 Å². The summed E-state index contributed by atoms with van der Waals surface area (Å²) in [6.45, 7) is 2.95. The van der Waals surface area contributed by atoms with E-state index in [2.05, 4.69) is 25.0 Å². The maximum Gasteiger partial charge on any atom is 0.263 e. The highest BCUT2D eigenvalue weighted by Gasteiger charge is 2.23. The second-order valence-electron chi connectivity index (χ2n) is 8.82. The minimum Gasteiger partial charge on any atom is -0.486 e. The molecular formula is C26H25ClFN5O5S. The van der Waals surface area contributed by atoms with E-state index in [9.17, 15) is 12.8 Å². The first-order valence-corrected chi connectivity index (χ1v) is 13.8. The lowest BCUT2D eigenvalue weighted by Crippen LogP contribution is -2.16. The summed E-state index contributed by atoms with van der Waals surface area (Å²) in [5.74, 6) is 0.387. The Morgan fingerprint density at radius 3 is 2.67 bits per heavy atom. The van der Waals surface area contributed by atoms with E-state index in [1.54, 1.807) is 19.3 Å². The summed E-state index contributed by atoms with van der Waals surface area (Å²) >= 11 is 6.02. The number of benzene rings is 2. The van der Waals surface area contributed by atoms with Gasteiger partial charge in [0.25, 0.3) is 10.0 Å². The van der Waals surface area contributed by atoms with Crippen molar-refractivity contribution in [3.05, 3.63) is 59.1 Å². The number of halogens is 2. The first-order valence-electron chi connectivity index (χ1n) is 12.0. The summed E-state index contributed by atoms with van der Waals surface area (Å²) in [5, 5.41) is 3.47. The molecule has 3 heterocycles. The molecule has 2 aromatic carbocycles. The molecule has 0 spiro atoms. The fourth-order valence-corrected chi connectivity index (χ4v) is 5.82. The SMILES string of the molecule is CNc1nc(C)c2cc(-c3cnc(OC)c(NS(=O)(=O)c4ccc(F)cc4Cl)c3)cc(OC3CCOC3)c2n1. The van der Waals surface area contributed by atoms with Gasteiger partial charge in [0.1, 0.15) is 33.8 Å². The van der Waals surface area contributed by atoms with Crippen LogP contribution in [0.3, 0.4) is 0 Å². The van der Waals surface area contributed by atoms with Crippen LogP contribution >= 0.6 is 11.6 Å². The largest absolute Gasteiger partial charge is 0.486 e. The second-order valence-corrected chi connectivity index (χ2v) is 10.9. The van der Waals surface area contributed by atoms with E-state index in [0.717, 1.165) is 35.7 Å². The Hall–Kier alpha value is -3.74. The zero-order valence-corrected chi connectivity index (χ0v) is 22.9. The third-order valence-electron chi connectivity index (χ3n) is 6.17. The number of aromatic nitrogens is 3. The summed E-state index contributed by atoms with van der Waals surface area (Å²) < 4.78 is 59.3. The Balaban J connectivity index is 1.60. The van der Waals surface area contributed by atoms with Crippen LogP contribution in [0.2, 0.25) is 5.02 Å². The number of pyridine rings is 1. The van der Waals surface area contributed by atoms with Crippen molar-refractivity contribution in [3.63, 3.8) is 0 Å². The van der Waals surface area contributed by atoms with Crippen molar-refractivity contribution in [2.75, 3.05) is 37.4 Å². The summed E-state index contributed by atoms with van der Waals surface area (Å²) in [6.07, 6.45) is 2.17. The molecule has 1 saturated heterocycles. The Morgan fingerprint density at radius 1 is 1.15 bits per heavy atom. The van der Waals surface area contributed by atoms with E-state index < -0.39 is 15.8 Å². The van der Waals surface area contributed by atoms with E-state index in [-0.39, 0.29) is 27.6 Å². The van der Waals surface area contributed by atoms with Crippen LogP contribution < -0.4 is 19.5 Å². The summed E-state index contributed by atoms with van der Waals surface area (Å²) in [4.78, 5) is 13.1. The lowest BCUT2D eigenvalue weighted by molar-refractivity contribution is 0.142. The van der Waals surface area contributed by atoms with Crippen molar-refractivity contribution in [1.29, 1.82) is 0 Å². The van der Waals surface area contributed by atoms with Gasteiger partial charge in [0.05, 0.1) is 31.0 Å². The van der Waals surface area contributed by atoms with Crippen LogP contribution in [-0.2, 0) is 14.8 Å². The lowest BCUT2D eigenvalue weighted by atomic mass is 10.0. The molecule has 2 aromatic heterocycles. The van der Waals surface area contributed by atoms with Gasteiger partial charge in [0, 0.05) is 30.6 Å². The third-order valence-corrected chi connectivity index (χ3v) is 8.02. The van der Waals surface area contributed by atoms with Crippen LogP contribution in [0.4, 0.5) is 16.0 Å². The van der Waals surface area contributed by atoms with E-state index in [0.29, 0.717) is 41.6 Å². The first-order chi connectivity index (χ1) is 18.7. The average molecular weight is 574 g/mol. The van der Waals surface area contributed by atoms with Crippen LogP contribution in [0.1, 0.15) is 12.1 Å². The Morgan fingerprint density at radius 2 is 1.97 bits per heavy atom. The number of nitrogens with zero attached hydrogens (tertiary/aromatic N) is 3. The molecule has 0 amide bonds. The maximum absolute atomic E-state index is 13.5. The monoisotopic (exact) mass is 573 g/mol. The molecule has 10 nitrogen and oxygen atoms in total. The predicted molar refractivity (Wildman–Crippen MR) is 146 cm³/mol. The quantitative estimate of drug-likeness (QED) is 0.305. The molecule has 2 N–H and O–H groups in total. The molecular weight excluding hydrogens is 549 g/mol. The van der Waals surface area contributed by atoms with Crippen LogP contribution in [0.15, 0.2) is 47.5 Å². The maximum atomic E-state index is 13.5. The van der Waals surface area contributed by atoms with Gasteiger partial charge in [-0.15, -0.1) is 0 Å². The predicted octanol–water partition coefficient (Wildman–Crippen LogP) is 4.81. The van der Waals surface area contributed by atoms with Crippen molar-refractivity contribution in [1.82, 2.24) is 15.0 Å². The molecule has 204 valence electrons. The number of nitrogens with one attached hydrogen (secondary N) is 2. The first kappa shape index (κ1) is 26.9. The number of hydrogen-bond donors (Lipinski definition) is 2.